The van der Waals surface area contributed by atoms with Gasteiger partial charge in [-0.1, -0.05) is 44.9 Å². The normalized spacial score (nSPS) is 28.1. The maximum absolute atomic E-state index is 9.89. The zero-order chi connectivity index (χ0) is 13.7. The number of nitrogens with one attached hydrogen (secondary N) is 1. The highest BCUT2D eigenvalue weighted by atomic mass is 16.3. The first-order valence-corrected chi connectivity index (χ1v) is 7.59. The van der Waals surface area contributed by atoms with Gasteiger partial charge in [0.05, 0.1) is 12.1 Å². The van der Waals surface area contributed by atoms with Gasteiger partial charge in [-0.25, -0.2) is 0 Å². The quantitative estimate of drug-likeness (QED) is 0.801. The maximum Gasteiger partial charge on any atom is 0.0661 e. The summed E-state index contributed by atoms with van der Waals surface area (Å²) in [6.07, 6.45) is 5.88. The smallest absolute Gasteiger partial charge is 0.0661 e. The van der Waals surface area contributed by atoms with Gasteiger partial charge in [-0.2, -0.15) is 0 Å². The molecular weight excluding hydrogens is 234 g/mol. The van der Waals surface area contributed by atoms with Crippen LogP contribution in [0.5, 0.6) is 0 Å². The Hall–Kier alpha value is -1.02. The number of aliphatic hydroxyl groups is 1. The van der Waals surface area contributed by atoms with E-state index in [1.165, 1.54) is 19.3 Å². The van der Waals surface area contributed by atoms with Crippen LogP contribution in [0.15, 0.2) is 30.3 Å². The second-order valence-electron chi connectivity index (χ2n) is 6.36. The summed E-state index contributed by atoms with van der Waals surface area (Å²) >= 11 is 0. The van der Waals surface area contributed by atoms with E-state index in [9.17, 15) is 5.11 Å². The van der Waals surface area contributed by atoms with Gasteiger partial charge in [0, 0.05) is 5.69 Å². The number of benzene rings is 1. The molecule has 0 aromatic heterocycles. The molecule has 1 saturated carbocycles. The van der Waals surface area contributed by atoms with E-state index < -0.39 is 0 Å². The lowest BCUT2D eigenvalue weighted by atomic mass is 9.86. The summed E-state index contributed by atoms with van der Waals surface area (Å²) < 4.78 is 0. The Morgan fingerprint density at radius 3 is 2.58 bits per heavy atom. The molecule has 0 spiro atoms. The molecule has 0 radical (unpaired) electrons. The van der Waals surface area contributed by atoms with Crippen LogP contribution in [0.3, 0.4) is 0 Å². The Bertz CT molecular complexity index is 376. The molecule has 0 amide bonds. The Morgan fingerprint density at radius 1 is 1.21 bits per heavy atom. The SMILES string of the molecule is CC(C)C1CCCC(CO)(Nc2ccccc2)CC1. The van der Waals surface area contributed by atoms with Crippen molar-refractivity contribution in [2.45, 2.75) is 51.5 Å². The minimum atomic E-state index is -0.120. The summed E-state index contributed by atoms with van der Waals surface area (Å²) in [6, 6.07) is 10.3. The summed E-state index contributed by atoms with van der Waals surface area (Å²) in [5.74, 6) is 1.57. The number of anilines is 1. The Morgan fingerprint density at radius 2 is 1.95 bits per heavy atom. The number of rotatable bonds is 4. The molecule has 19 heavy (non-hydrogen) atoms. The minimum absolute atomic E-state index is 0.120. The fourth-order valence-corrected chi connectivity index (χ4v) is 3.25. The van der Waals surface area contributed by atoms with Crippen LogP contribution in [0.2, 0.25) is 0 Å². The molecule has 1 aliphatic carbocycles. The van der Waals surface area contributed by atoms with Gasteiger partial charge in [-0.05, 0) is 43.2 Å². The molecule has 2 rings (SSSR count). The topological polar surface area (TPSA) is 32.3 Å². The Labute approximate surface area is 117 Å². The first-order valence-electron chi connectivity index (χ1n) is 7.59. The van der Waals surface area contributed by atoms with Gasteiger partial charge in [0.25, 0.3) is 0 Å². The maximum atomic E-state index is 9.89. The molecule has 2 N–H and O–H groups in total. The molecule has 2 unspecified atom stereocenters. The van der Waals surface area contributed by atoms with E-state index in [-0.39, 0.29) is 12.1 Å². The fourth-order valence-electron chi connectivity index (χ4n) is 3.25. The highest BCUT2D eigenvalue weighted by molar-refractivity contribution is 5.45. The molecule has 2 atom stereocenters. The number of para-hydroxylation sites is 1. The molecule has 0 heterocycles. The average Bonchev–Trinajstić information content (AvgIpc) is 2.63. The molecule has 1 fully saturated rings. The molecule has 0 bridgehead atoms. The lowest BCUT2D eigenvalue weighted by molar-refractivity contribution is 0.193. The third-order valence-corrected chi connectivity index (χ3v) is 4.65. The monoisotopic (exact) mass is 261 g/mol. The van der Waals surface area contributed by atoms with E-state index in [1.807, 2.05) is 18.2 Å². The first-order chi connectivity index (χ1) is 9.15. The van der Waals surface area contributed by atoms with Gasteiger partial charge in [0.1, 0.15) is 0 Å². The van der Waals surface area contributed by atoms with Crippen molar-refractivity contribution in [1.82, 2.24) is 0 Å². The molecule has 0 aliphatic heterocycles. The third kappa shape index (κ3) is 3.73. The van der Waals surface area contributed by atoms with Crippen LogP contribution in [0.4, 0.5) is 5.69 Å². The van der Waals surface area contributed by atoms with Gasteiger partial charge < -0.3 is 10.4 Å². The van der Waals surface area contributed by atoms with Crippen molar-refractivity contribution in [1.29, 1.82) is 0 Å². The lowest BCUT2D eigenvalue weighted by Gasteiger charge is -2.33. The summed E-state index contributed by atoms with van der Waals surface area (Å²) in [4.78, 5) is 0. The van der Waals surface area contributed by atoms with Gasteiger partial charge in [-0.15, -0.1) is 0 Å². The van der Waals surface area contributed by atoms with E-state index >= 15 is 0 Å². The van der Waals surface area contributed by atoms with Gasteiger partial charge >= 0.3 is 0 Å². The molecule has 0 saturated heterocycles. The van der Waals surface area contributed by atoms with Crippen molar-refractivity contribution >= 4 is 5.69 Å². The van der Waals surface area contributed by atoms with Crippen molar-refractivity contribution < 1.29 is 5.11 Å². The number of aliphatic hydroxyl groups excluding tert-OH is 1. The second-order valence-corrected chi connectivity index (χ2v) is 6.36. The molecule has 1 aromatic rings. The predicted octanol–water partition coefficient (Wildman–Crippen LogP) is 4.07. The molecule has 2 heteroatoms. The van der Waals surface area contributed by atoms with E-state index in [4.69, 9.17) is 0 Å². The van der Waals surface area contributed by atoms with Crippen LogP contribution in [0, 0.1) is 11.8 Å². The largest absolute Gasteiger partial charge is 0.394 e. The van der Waals surface area contributed by atoms with Crippen LogP contribution in [0.25, 0.3) is 0 Å². The van der Waals surface area contributed by atoms with Crippen molar-refractivity contribution in [2.24, 2.45) is 11.8 Å². The Kier molecular flexibility index (Phi) is 4.87. The molecule has 1 aliphatic rings. The third-order valence-electron chi connectivity index (χ3n) is 4.65. The van der Waals surface area contributed by atoms with Crippen molar-refractivity contribution in [3.63, 3.8) is 0 Å². The van der Waals surface area contributed by atoms with Gasteiger partial charge in [0.15, 0.2) is 0 Å². The summed E-state index contributed by atoms with van der Waals surface area (Å²) in [5.41, 5.74) is 1.00. The molecule has 1 aromatic carbocycles. The van der Waals surface area contributed by atoms with Crippen molar-refractivity contribution in [3.8, 4) is 0 Å². The van der Waals surface area contributed by atoms with Gasteiger partial charge in [0.2, 0.25) is 0 Å². The van der Waals surface area contributed by atoms with Crippen LogP contribution in [-0.4, -0.2) is 17.3 Å². The molecule has 106 valence electrons. The summed E-state index contributed by atoms with van der Waals surface area (Å²) in [6.45, 7) is 4.87. The van der Waals surface area contributed by atoms with E-state index in [1.54, 1.807) is 0 Å². The number of hydrogen-bond donors (Lipinski definition) is 2. The standard InChI is InChI=1S/C17H27NO/c1-14(2)15-7-6-11-17(13-19,12-10-15)18-16-8-4-3-5-9-16/h3-5,8-9,14-15,18-19H,6-7,10-13H2,1-2H3. The van der Waals surface area contributed by atoms with Crippen LogP contribution in [-0.2, 0) is 0 Å². The first kappa shape index (κ1) is 14.4. The fraction of sp³-hybridized carbons (Fsp3) is 0.647. The van der Waals surface area contributed by atoms with Crippen LogP contribution >= 0.6 is 0 Å². The van der Waals surface area contributed by atoms with E-state index in [2.05, 4.69) is 31.3 Å². The zero-order valence-corrected chi connectivity index (χ0v) is 12.2. The Balaban J connectivity index is 2.06. The van der Waals surface area contributed by atoms with E-state index in [0.29, 0.717) is 0 Å². The highest BCUT2D eigenvalue weighted by Gasteiger charge is 2.33. The molecule has 2 nitrogen and oxygen atoms in total. The van der Waals surface area contributed by atoms with Gasteiger partial charge in [-0.3, -0.25) is 0 Å². The average molecular weight is 261 g/mol. The van der Waals surface area contributed by atoms with Crippen molar-refractivity contribution in [2.75, 3.05) is 11.9 Å². The summed E-state index contributed by atoms with van der Waals surface area (Å²) in [7, 11) is 0. The van der Waals surface area contributed by atoms with E-state index in [0.717, 1.165) is 30.4 Å². The van der Waals surface area contributed by atoms with Crippen molar-refractivity contribution in [3.05, 3.63) is 30.3 Å². The molecular formula is C17H27NO. The zero-order valence-electron chi connectivity index (χ0n) is 12.2. The second kappa shape index (κ2) is 6.42. The minimum Gasteiger partial charge on any atom is -0.394 e. The predicted molar refractivity (Wildman–Crippen MR) is 81.3 cm³/mol. The lowest BCUT2D eigenvalue weighted by Crippen LogP contribution is -2.41. The number of hydrogen-bond acceptors (Lipinski definition) is 2. The van der Waals surface area contributed by atoms with Crippen LogP contribution in [0.1, 0.15) is 46.0 Å². The van der Waals surface area contributed by atoms with Crippen LogP contribution < -0.4 is 5.32 Å². The summed E-state index contributed by atoms with van der Waals surface area (Å²) in [5, 5.41) is 13.5. The highest BCUT2D eigenvalue weighted by Crippen LogP contribution is 2.35.